The number of rotatable bonds is 1. The van der Waals surface area contributed by atoms with Crippen LogP contribution in [0.25, 0.3) is 10.9 Å². The molecule has 2 N–H and O–H groups in total. The van der Waals surface area contributed by atoms with Crippen LogP contribution in [0.1, 0.15) is 34.0 Å². The number of halogens is 3. The van der Waals surface area contributed by atoms with Gasteiger partial charge in [0.05, 0.1) is 11.6 Å². The Labute approximate surface area is 137 Å². The van der Waals surface area contributed by atoms with Crippen molar-refractivity contribution in [1.29, 1.82) is 0 Å². The van der Waals surface area contributed by atoms with Crippen molar-refractivity contribution in [2.75, 3.05) is 6.54 Å². The minimum atomic E-state index is -4.36. The Bertz CT molecular complexity index is 909. The summed E-state index contributed by atoms with van der Waals surface area (Å²) in [4.78, 5) is 3.34. The first-order valence-corrected chi connectivity index (χ1v) is 7.96. The lowest BCUT2D eigenvalue weighted by Gasteiger charge is -2.27. The summed E-state index contributed by atoms with van der Waals surface area (Å²) in [5.74, 6) is 0. The largest absolute Gasteiger partial charge is 0.416 e. The molecule has 2 nitrogen and oxygen atoms in total. The van der Waals surface area contributed by atoms with Gasteiger partial charge in [0.2, 0.25) is 0 Å². The van der Waals surface area contributed by atoms with E-state index in [0.717, 1.165) is 40.2 Å². The molecule has 124 valence electrons. The van der Waals surface area contributed by atoms with Crippen molar-refractivity contribution in [3.8, 4) is 0 Å². The number of hydrogen-bond donors (Lipinski definition) is 2. The van der Waals surface area contributed by atoms with Gasteiger partial charge in [0.15, 0.2) is 0 Å². The van der Waals surface area contributed by atoms with E-state index in [1.54, 1.807) is 12.1 Å². The normalized spacial score (nSPS) is 17.9. The molecule has 0 radical (unpaired) electrons. The molecule has 0 saturated carbocycles. The maximum Gasteiger partial charge on any atom is 0.416 e. The fourth-order valence-corrected chi connectivity index (χ4v) is 3.61. The van der Waals surface area contributed by atoms with Gasteiger partial charge in [-0.1, -0.05) is 29.8 Å². The second-order valence-electron chi connectivity index (χ2n) is 6.29. The number of aromatic amines is 1. The molecule has 0 spiro atoms. The molecule has 1 aliphatic heterocycles. The SMILES string of the molecule is Cc1ccc2[nH]c3c(c2c1)CCNC3c1ccccc1C(F)(F)F. The molecule has 0 saturated heterocycles. The van der Waals surface area contributed by atoms with Crippen molar-refractivity contribution < 1.29 is 13.2 Å². The fraction of sp³-hybridized carbons (Fsp3) is 0.263. The fourth-order valence-electron chi connectivity index (χ4n) is 3.61. The molecule has 0 amide bonds. The number of benzene rings is 2. The average molecular weight is 330 g/mol. The lowest BCUT2D eigenvalue weighted by Crippen LogP contribution is -2.32. The molecule has 2 aromatic carbocycles. The minimum absolute atomic E-state index is 0.272. The minimum Gasteiger partial charge on any atom is -0.357 e. The topological polar surface area (TPSA) is 27.8 Å². The van der Waals surface area contributed by atoms with Crippen LogP contribution in [0.3, 0.4) is 0 Å². The summed E-state index contributed by atoms with van der Waals surface area (Å²) in [5, 5.41) is 4.36. The third-order valence-corrected chi connectivity index (χ3v) is 4.68. The Morgan fingerprint density at radius 3 is 2.67 bits per heavy atom. The summed E-state index contributed by atoms with van der Waals surface area (Å²) in [5.41, 5.74) is 3.78. The van der Waals surface area contributed by atoms with Crippen LogP contribution in [0.5, 0.6) is 0 Å². The van der Waals surface area contributed by atoms with E-state index in [2.05, 4.69) is 16.4 Å². The van der Waals surface area contributed by atoms with Gasteiger partial charge in [-0.15, -0.1) is 0 Å². The standard InChI is InChI=1S/C19H17F3N2/c1-11-6-7-16-14(10-11)12-8-9-23-17(18(12)24-16)13-4-2-3-5-15(13)19(20,21)22/h2-7,10,17,23-24H,8-9H2,1H3. The second-order valence-corrected chi connectivity index (χ2v) is 6.29. The van der Waals surface area contributed by atoms with Crippen LogP contribution in [0, 0.1) is 6.92 Å². The molecule has 1 unspecified atom stereocenters. The molecule has 1 aliphatic rings. The molecule has 2 heterocycles. The molecule has 0 bridgehead atoms. The number of H-pyrrole nitrogens is 1. The van der Waals surface area contributed by atoms with Crippen molar-refractivity contribution in [3.05, 3.63) is 70.4 Å². The number of hydrogen-bond acceptors (Lipinski definition) is 1. The molecule has 1 atom stereocenters. The van der Waals surface area contributed by atoms with Gasteiger partial charge >= 0.3 is 6.18 Å². The predicted octanol–water partition coefficient (Wildman–Crippen LogP) is 4.73. The van der Waals surface area contributed by atoms with Crippen LogP contribution in [0.2, 0.25) is 0 Å². The van der Waals surface area contributed by atoms with Gasteiger partial charge in [0.25, 0.3) is 0 Å². The number of aromatic nitrogens is 1. The lowest BCUT2D eigenvalue weighted by molar-refractivity contribution is -0.138. The van der Waals surface area contributed by atoms with Crippen molar-refractivity contribution in [2.45, 2.75) is 25.6 Å². The van der Waals surface area contributed by atoms with Crippen LogP contribution in [-0.2, 0) is 12.6 Å². The van der Waals surface area contributed by atoms with E-state index in [0.29, 0.717) is 6.54 Å². The van der Waals surface area contributed by atoms with Crippen molar-refractivity contribution in [2.24, 2.45) is 0 Å². The van der Waals surface area contributed by atoms with E-state index < -0.39 is 17.8 Å². The molecule has 4 rings (SSSR count). The zero-order valence-corrected chi connectivity index (χ0v) is 13.2. The second kappa shape index (κ2) is 5.38. The van der Waals surface area contributed by atoms with Crippen molar-refractivity contribution in [1.82, 2.24) is 10.3 Å². The molecule has 3 aromatic rings. The van der Waals surface area contributed by atoms with Gasteiger partial charge in [-0.3, -0.25) is 0 Å². The van der Waals surface area contributed by atoms with Gasteiger partial charge in [-0.2, -0.15) is 13.2 Å². The number of fused-ring (bicyclic) bond motifs is 3. The Morgan fingerprint density at radius 1 is 1.08 bits per heavy atom. The Balaban J connectivity index is 1.91. The lowest BCUT2D eigenvalue weighted by atomic mass is 9.91. The third-order valence-electron chi connectivity index (χ3n) is 4.68. The number of alkyl halides is 3. The van der Waals surface area contributed by atoms with Crippen molar-refractivity contribution in [3.63, 3.8) is 0 Å². The Hall–Kier alpha value is -2.27. The highest BCUT2D eigenvalue weighted by Crippen LogP contribution is 2.39. The van der Waals surface area contributed by atoms with E-state index >= 15 is 0 Å². The van der Waals surface area contributed by atoms with E-state index in [-0.39, 0.29) is 5.56 Å². The summed E-state index contributed by atoms with van der Waals surface area (Å²) in [6, 6.07) is 11.4. The highest BCUT2D eigenvalue weighted by Gasteiger charge is 2.37. The predicted molar refractivity (Wildman–Crippen MR) is 88.0 cm³/mol. The van der Waals surface area contributed by atoms with Gasteiger partial charge in [0.1, 0.15) is 0 Å². The smallest absolute Gasteiger partial charge is 0.357 e. The van der Waals surface area contributed by atoms with E-state index in [4.69, 9.17) is 0 Å². The van der Waals surface area contributed by atoms with Gasteiger partial charge < -0.3 is 10.3 Å². The van der Waals surface area contributed by atoms with Gasteiger partial charge in [-0.05, 0) is 42.7 Å². The molecular weight excluding hydrogens is 313 g/mol. The zero-order valence-electron chi connectivity index (χ0n) is 13.2. The van der Waals surface area contributed by atoms with Crippen LogP contribution < -0.4 is 5.32 Å². The maximum absolute atomic E-state index is 13.4. The van der Waals surface area contributed by atoms with Crippen LogP contribution in [0.15, 0.2) is 42.5 Å². The highest BCUT2D eigenvalue weighted by atomic mass is 19.4. The number of aryl methyl sites for hydroxylation is 1. The first-order valence-electron chi connectivity index (χ1n) is 7.96. The maximum atomic E-state index is 13.4. The molecule has 5 heteroatoms. The summed E-state index contributed by atoms with van der Waals surface area (Å²) >= 11 is 0. The molecule has 0 fully saturated rings. The van der Waals surface area contributed by atoms with E-state index in [9.17, 15) is 13.2 Å². The Kier molecular flexibility index (Phi) is 3.42. The molecule has 0 aliphatic carbocycles. The van der Waals surface area contributed by atoms with Crippen LogP contribution in [0.4, 0.5) is 13.2 Å². The third kappa shape index (κ3) is 2.40. The van der Waals surface area contributed by atoms with Gasteiger partial charge in [0, 0.05) is 23.1 Å². The van der Waals surface area contributed by atoms with E-state index in [1.165, 1.54) is 6.07 Å². The summed E-state index contributed by atoms with van der Waals surface area (Å²) in [6.45, 7) is 2.68. The number of nitrogens with one attached hydrogen (secondary N) is 2. The molecule has 1 aromatic heterocycles. The quantitative estimate of drug-likeness (QED) is 0.663. The first-order chi connectivity index (χ1) is 11.4. The zero-order chi connectivity index (χ0) is 16.9. The first kappa shape index (κ1) is 15.3. The summed E-state index contributed by atoms with van der Waals surface area (Å²) < 4.78 is 40.2. The summed E-state index contributed by atoms with van der Waals surface area (Å²) in [7, 11) is 0. The highest BCUT2D eigenvalue weighted by molar-refractivity contribution is 5.86. The Morgan fingerprint density at radius 2 is 1.88 bits per heavy atom. The molecule has 24 heavy (non-hydrogen) atoms. The monoisotopic (exact) mass is 330 g/mol. The van der Waals surface area contributed by atoms with Gasteiger partial charge in [-0.25, -0.2) is 0 Å². The van der Waals surface area contributed by atoms with Crippen LogP contribution in [-0.4, -0.2) is 11.5 Å². The van der Waals surface area contributed by atoms with Crippen molar-refractivity contribution >= 4 is 10.9 Å². The van der Waals surface area contributed by atoms with Crippen LogP contribution >= 0.6 is 0 Å². The summed E-state index contributed by atoms with van der Waals surface area (Å²) in [6.07, 6.45) is -3.55. The molecular formula is C19H17F3N2. The van der Waals surface area contributed by atoms with E-state index in [1.807, 2.05) is 19.1 Å². The average Bonchev–Trinajstić information content (AvgIpc) is 2.92.